The summed E-state index contributed by atoms with van der Waals surface area (Å²) in [7, 11) is 0. The maximum absolute atomic E-state index is 5.78. The van der Waals surface area contributed by atoms with Gasteiger partial charge in [0.25, 0.3) is 0 Å². The molecule has 1 aliphatic rings. The number of imidazole rings is 1. The van der Waals surface area contributed by atoms with E-state index in [0.717, 1.165) is 23.9 Å². The van der Waals surface area contributed by atoms with Gasteiger partial charge in [-0.2, -0.15) is 0 Å². The molecular formula is C11H13N3. The zero-order chi connectivity index (χ0) is 9.54. The fourth-order valence-corrected chi connectivity index (χ4v) is 2.14. The Morgan fingerprint density at radius 1 is 1.36 bits per heavy atom. The molecule has 3 N–H and O–H groups in total. The molecule has 14 heavy (non-hydrogen) atoms. The van der Waals surface area contributed by atoms with E-state index in [1.807, 2.05) is 0 Å². The molecular weight excluding hydrogens is 174 g/mol. The van der Waals surface area contributed by atoms with E-state index < -0.39 is 0 Å². The number of aromatic nitrogens is 2. The molecule has 1 aliphatic carbocycles. The Balaban J connectivity index is 1.97. The lowest BCUT2D eigenvalue weighted by molar-refractivity contribution is 0.352. The summed E-state index contributed by atoms with van der Waals surface area (Å²) in [6.07, 6.45) is 3.99. The topological polar surface area (TPSA) is 54.7 Å². The molecule has 0 bridgehead atoms. The van der Waals surface area contributed by atoms with E-state index in [9.17, 15) is 0 Å². The number of rotatable bonds is 1. The van der Waals surface area contributed by atoms with Gasteiger partial charge in [-0.15, -0.1) is 0 Å². The number of hydrogen-bond acceptors (Lipinski definition) is 2. The first-order chi connectivity index (χ1) is 6.83. The van der Waals surface area contributed by atoms with E-state index in [0.29, 0.717) is 12.0 Å². The highest BCUT2D eigenvalue weighted by molar-refractivity contribution is 5.75. The standard InChI is InChI=1S/C11H13N3/c12-9-3-8(4-9)7-1-2-10-11(5-7)14-6-13-10/h1-2,5-6,8-9H,3-4,12H2,(H,13,14). The fourth-order valence-electron chi connectivity index (χ4n) is 2.14. The third-order valence-corrected chi connectivity index (χ3v) is 3.09. The molecule has 1 saturated carbocycles. The van der Waals surface area contributed by atoms with Crippen LogP contribution in [0.3, 0.4) is 0 Å². The summed E-state index contributed by atoms with van der Waals surface area (Å²) < 4.78 is 0. The van der Waals surface area contributed by atoms with Crippen molar-refractivity contribution < 1.29 is 0 Å². The molecule has 0 aliphatic heterocycles. The summed E-state index contributed by atoms with van der Waals surface area (Å²) in [6, 6.07) is 6.85. The largest absolute Gasteiger partial charge is 0.345 e. The van der Waals surface area contributed by atoms with Gasteiger partial charge in [-0.25, -0.2) is 4.98 Å². The van der Waals surface area contributed by atoms with Gasteiger partial charge < -0.3 is 10.7 Å². The summed E-state index contributed by atoms with van der Waals surface area (Å²) in [4.78, 5) is 7.33. The van der Waals surface area contributed by atoms with Gasteiger partial charge in [0.2, 0.25) is 0 Å². The van der Waals surface area contributed by atoms with E-state index in [2.05, 4.69) is 28.2 Å². The molecule has 0 spiro atoms. The number of nitrogens with one attached hydrogen (secondary N) is 1. The molecule has 1 aromatic heterocycles. The van der Waals surface area contributed by atoms with E-state index in [4.69, 9.17) is 5.73 Å². The molecule has 1 heterocycles. The minimum absolute atomic E-state index is 0.414. The zero-order valence-corrected chi connectivity index (χ0v) is 7.90. The minimum Gasteiger partial charge on any atom is -0.345 e. The van der Waals surface area contributed by atoms with Crippen LogP contribution in [0.2, 0.25) is 0 Å². The van der Waals surface area contributed by atoms with Crippen LogP contribution in [0.5, 0.6) is 0 Å². The summed E-state index contributed by atoms with van der Waals surface area (Å²) in [6.45, 7) is 0. The maximum atomic E-state index is 5.78. The molecule has 0 radical (unpaired) electrons. The van der Waals surface area contributed by atoms with Gasteiger partial charge in [-0.1, -0.05) is 6.07 Å². The second kappa shape index (κ2) is 2.82. The minimum atomic E-state index is 0.414. The quantitative estimate of drug-likeness (QED) is 0.714. The van der Waals surface area contributed by atoms with E-state index in [1.165, 1.54) is 5.56 Å². The number of benzene rings is 1. The lowest BCUT2D eigenvalue weighted by atomic mass is 9.76. The second-order valence-electron chi connectivity index (χ2n) is 4.11. The molecule has 2 aromatic rings. The van der Waals surface area contributed by atoms with Crippen molar-refractivity contribution in [2.45, 2.75) is 24.8 Å². The normalized spacial score (nSPS) is 26.4. The average molecular weight is 187 g/mol. The Kier molecular flexibility index (Phi) is 1.61. The van der Waals surface area contributed by atoms with E-state index in [-0.39, 0.29) is 0 Å². The molecule has 0 atom stereocenters. The highest BCUT2D eigenvalue weighted by Gasteiger charge is 2.27. The smallest absolute Gasteiger partial charge is 0.0931 e. The van der Waals surface area contributed by atoms with Crippen molar-refractivity contribution in [1.82, 2.24) is 9.97 Å². The maximum Gasteiger partial charge on any atom is 0.0931 e. The Morgan fingerprint density at radius 3 is 3.00 bits per heavy atom. The molecule has 3 nitrogen and oxygen atoms in total. The van der Waals surface area contributed by atoms with Crippen molar-refractivity contribution in [3.05, 3.63) is 30.1 Å². The zero-order valence-electron chi connectivity index (χ0n) is 7.90. The van der Waals surface area contributed by atoms with Crippen LogP contribution in [0, 0.1) is 0 Å². The fraction of sp³-hybridized carbons (Fsp3) is 0.364. The summed E-state index contributed by atoms with van der Waals surface area (Å²) in [5.74, 6) is 0.665. The lowest BCUT2D eigenvalue weighted by Gasteiger charge is -2.32. The van der Waals surface area contributed by atoms with Gasteiger partial charge in [0.1, 0.15) is 0 Å². The molecule has 0 unspecified atom stereocenters. The third kappa shape index (κ3) is 1.13. The van der Waals surface area contributed by atoms with Crippen molar-refractivity contribution in [2.24, 2.45) is 5.73 Å². The number of hydrogen-bond donors (Lipinski definition) is 2. The Morgan fingerprint density at radius 2 is 2.21 bits per heavy atom. The van der Waals surface area contributed by atoms with Gasteiger partial charge in [-0.3, -0.25) is 0 Å². The summed E-state index contributed by atoms with van der Waals surface area (Å²) in [5, 5.41) is 0. The average Bonchev–Trinajstić information content (AvgIpc) is 2.59. The van der Waals surface area contributed by atoms with Crippen molar-refractivity contribution in [3.63, 3.8) is 0 Å². The van der Waals surface area contributed by atoms with Crippen LogP contribution in [0.4, 0.5) is 0 Å². The Labute approximate surface area is 82.3 Å². The first kappa shape index (κ1) is 8.00. The molecule has 72 valence electrons. The van der Waals surface area contributed by atoms with Gasteiger partial charge in [-0.05, 0) is 36.5 Å². The highest BCUT2D eigenvalue weighted by Crippen LogP contribution is 2.36. The van der Waals surface area contributed by atoms with Crippen LogP contribution in [0.15, 0.2) is 24.5 Å². The Bertz CT molecular complexity index is 454. The van der Waals surface area contributed by atoms with Crippen LogP contribution in [-0.4, -0.2) is 16.0 Å². The van der Waals surface area contributed by atoms with Crippen molar-refractivity contribution in [2.75, 3.05) is 0 Å². The second-order valence-corrected chi connectivity index (χ2v) is 4.11. The predicted molar refractivity (Wildman–Crippen MR) is 56.0 cm³/mol. The van der Waals surface area contributed by atoms with Crippen molar-refractivity contribution in [3.8, 4) is 0 Å². The van der Waals surface area contributed by atoms with E-state index >= 15 is 0 Å². The lowest BCUT2D eigenvalue weighted by Crippen LogP contribution is -2.34. The molecule has 3 rings (SSSR count). The number of nitrogens with two attached hydrogens (primary N) is 1. The van der Waals surface area contributed by atoms with Crippen LogP contribution >= 0.6 is 0 Å². The number of aromatic amines is 1. The SMILES string of the molecule is NC1CC(c2ccc3nc[nH]c3c2)C1. The van der Waals surface area contributed by atoms with E-state index in [1.54, 1.807) is 6.33 Å². The molecule has 1 aromatic carbocycles. The van der Waals surface area contributed by atoms with Gasteiger partial charge in [0.15, 0.2) is 0 Å². The molecule has 3 heteroatoms. The molecule has 0 amide bonds. The van der Waals surface area contributed by atoms with Gasteiger partial charge in [0, 0.05) is 6.04 Å². The summed E-state index contributed by atoms with van der Waals surface area (Å²) in [5.41, 5.74) is 9.34. The van der Waals surface area contributed by atoms with Gasteiger partial charge in [0.05, 0.1) is 17.4 Å². The molecule has 0 saturated heterocycles. The van der Waals surface area contributed by atoms with Crippen LogP contribution in [0.25, 0.3) is 11.0 Å². The highest BCUT2D eigenvalue weighted by atomic mass is 14.9. The first-order valence-electron chi connectivity index (χ1n) is 5.01. The molecule has 1 fully saturated rings. The number of nitrogens with zero attached hydrogens (tertiary/aromatic N) is 1. The summed E-state index contributed by atoms with van der Waals surface area (Å²) >= 11 is 0. The monoisotopic (exact) mass is 187 g/mol. The Hall–Kier alpha value is -1.35. The third-order valence-electron chi connectivity index (χ3n) is 3.09. The first-order valence-corrected chi connectivity index (χ1v) is 5.01. The van der Waals surface area contributed by atoms with Crippen molar-refractivity contribution >= 4 is 11.0 Å². The van der Waals surface area contributed by atoms with Crippen LogP contribution in [0.1, 0.15) is 24.3 Å². The van der Waals surface area contributed by atoms with Crippen LogP contribution in [-0.2, 0) is 0 Å². The number of fused-ring (bicyclic) bond motifs is 1. The predicted octanol–water partition coefficient (Wildman–Crippen LogP) is 1.77. The van der Waals surface area contributed by atoms with Crippen molar-refractivity contribution in [1.29, 1.82) is 0 Å². The van der Waals surface area contributed by atoms with Crippen LogP contribution < -0.4 is 5.73 Å². The van der Waals surface area contributed by atoms with Gasteiger partial charge >= 0.3 is 0 Å². The number of H-pyrrole nitrogens is 1.